The normalized spacial score (nSPS) is 14.5. The van der Waals surface area contributed by atoms with Crippen LogP contribution in [0.4, 0.5) is 11.4 Å². The predicted octanol–water partition coefficient (Wildman–Crippen LogP) is 0.224. The molecule has 0 aliphatic rings. The van der Waals surface area contributed by atoms with Gasteiger partial charge in [0, 0.05) is 11.7 Å². The van der Waals surface area contributed by atoms with Crippen molar-refractivity contribution in [1.82, 2.24) is 0 Å². The Labute approximate surface area is 112 Å². The molecule has 0 radical (unpaired) electrons. The zero-order valence-electron chi connectivity index (χ0n) is 10.8. The number of benzene rings is 1. The average Bonchev–Trinajstić information content (AvgIpc) is 2.25. The van der Waals surface area contributed by atoms with Gasteiger partial charge in [-0.2, -0.15) is 8.42 Å². The van der Waals surface area contributed by atoms with Crippen molar-refractivity contribution >= 4 is 27.5 Å². The lowest BCUT2D eigenvalue weighted by molar-refractivity contribution is -0.119. The number of anilines is 2. The molecule has 0 fully saturated rings. The van der Waals surface area contributed by atoms with Gasteiger partial charge in [-0.1, -0.05) is 13.0 Å². The summed E-state index contributed by atoms with van der Waals surface area (Å²) >= 11 is 0. The van der Waals surface area contributed by atoms with Crippen molar-refractivity contribution in [2.75, 3.05) is 10.0 Å². The molecular weight excluding hydrogens is 268 g/mol. The largest absolute Gasteiger partial charge is 0.327 e. The van der Waals surface area contributed by atoms with Gasteiger partial charge in [-0.15, -0.1) is 0 Å². The fraction of sp³-hybridized carbons (Fsp3) is 0.364. The van der Waals surface area contributed by atoms with Crippen LogP contribution in [-0.4, -0.2) is 20.4 Å². The first-order valence-corrected chi connectivity index (χ1v) is 7.21. The Morgan fingerprint density at radius 1 is 1.26 bits per heavy atom. The molecule has 0 aliphatic carbocycles. The lowest BCUT2D eigenvalue weighted by atomic mass is 10.0. The molecule has 1 aromatic carbocycles. The molecule has 0 saturated carbocycles. The van der Waals surface area contributed by atoms with Crippen LogP contribution in [0.1, 0.15) is 13.8 Å². The zero-order valence-corrected chi connectivity index (χ0v) is 11.6. The first-order chi connectivity index (χ1) is 8.69. The maximum Gasteiger partial charge on any atom is 0.296 e. The molecule has 1 rings (SSSR count). The Hall–Kier alpha value is -1.64. The van der Waals surface area contributed by atoms with Crippen LogP contribution in [0, 0.1) is 5.92 Å². The number of hydrogen-bond acceptors (Lipinski definition) is 4. The molecule has 0 heterocycles. The Morgan fingerprint density at radius 2 is 1.84 bits per heavy atom. The highest BCUT2D eigenvalue weighted by molar-refractivity contribution is 7.90. The van der Waals surface area contributed by atoms with Gasteiger partial charge in [0.1, 0.15) is 0 Å². The smallest absolute Gasteiger partial charge is 0.296 e. The summed E-state index contributed by atoms with van der Waals surface area (Å²) in [4.78, 5) is 11.8. The van der Waals surface area contributed by atoms with Crippen molar-refractivity contribution in [3.63, 3.8) is 0 Å². The summed E-state index contributed by atoms with van der Waals surface area (Å²) in [5, 5.41) is 7.52. The van der Waals surface area contributed by atoms with Crippen molar-refractivity contribution in [3.05, 3.63) is 24.3 Å². The lowest BCUT2D eigenvalue weighted by Gasteiger charge is -2.15. The third-order valence-corrected chi connectivity index (χ3v) is 3.11. The van der Waals surface area contributed by atoms with Crippen LogP contribution in [0.2, 0.25) is 0 Å². The number of nitrogens with two attached hydrogens (primary N) is 2. The van der Waals surface area contributed by atoms with E-state index in [1.54, 1.807) is 26.0 Å². The minimum Gasteiger partial charge on any atom is -0.327 e. The van der Waals surface area contributed by atoms with Gasteiger partial charge in [0.2, 0.25) is 5.91 Å². The van der Waals surface area contributed by atoms with Gasteiger partial charge in [-0.3, -0.25) is 9.52 Å². The molecule has 0 aromatic heterocycles. The van der Waals surface area contributed by atoms with Gasteiger partial charge in [0.25, 0.3) is 10.2 Å². The summed E-state index contributed by atoms with van der Waals surface area (Å²) in [6, 6.07) is 5.95. The van der Waals surface area contributed by atoms with Gasteiger partial charge in [0.05, 0.1) is 11.6 Å². The Kier molecular flexibility index (Phi) is 4.87. The fourth-order valence-corrected chi connectivity index (χ4v) is 1.78. The van der Waals surface area contributed by atoms with E-state index in [2.05, 4.69) is 10.0 Å². The molecule has 0 saturated heterocycles. The van der Waals surface area contributed by atoms with Gasteiger partial charge in [0.15, 0.2) is 0 Å². The lowest BCUT2D eigenvalue weighted by Crippen LogP contribution is -2.34. The number of carbonyl (C=O) groups excluding carboxylic acids is 1. The number of hydrogen-bond donors (Lipinski definition) is 4. The van der Waals surface area contributed by atoms with Crippen molar-refractivity contribution in [3.8, 4) is 0 Å². The van der Waals surface area contributed by atoms with Crippen molar-refractivity contribution < 1.29 is 13.2 Å². The summed E-state index contributed by atoms with van der Waals surface area (Å²) in [5.74, 6) is -0.586. The molecule has 2 unspecified atom stereocenters. The fourth-order valence-electron chi connectivity index (χ4n) is 1.32. The van der Waals surface area contributed by atoms with E-state index in [0.717, 1.165) is 0 Å². The second-order valence-corrected chi connectivity index (χ2v) is 5.66. The maximum atomic E-state index is 11.8. The van der Waals surface area contributed by atoms with Crippen LogP contribution in [-0.2, 0) is 15.0 Å². The van der Waals surface area contributed by atoms with Crippen LogP contribution >= 0.6 is 0 Å². The molecule has 2 atom stereocenters. The zero-order chi connectivity index (χ0) is 14.6. The molecule has 0 bridgehead atoms. The molecule has 0 aliphatic heterocycles. The summed E-state index contributed by atoms with van der Waals surface area (Å²) in [6.45, 7) is 3.45. The molecule has 8 heteroatoms. The molecule has 0 spiro atoms. The highest BCUT2D eigenvalue weighted by Crippen LogP contribution is 2.16. The molecule has 19 heavy (non-hydrogen) atoms. The van der Waals surface area contributed by atoms with E-state index < -0.39 is 10.2 Å². The Bertz CT molecular complexity index is 557. The SMILES string of the molecule is CC(N)C(C)C(=O)Nc1cccc(NS(N)(=O)=O)c1. The standard InChI is InChI=1S/C11H18N4O3S/c1-7(8(2)12)11(16)14-9-4-3-5-10(6-9)15-19(13,17)18/h3-8,15H,12H2,1-2H3,(H,14,16)(H2,13,17,18). The van der Waals surface area contributed by atoms with Crippen LogP contribution in [0.25, 0.3) is 0 Å². The molecule has 106 valence electrons. The predicted molar refractivity (Wildman–Crippen MR) is 74.6 cm³/mol. The molecule has 1 amide bonds. The highest BCUT2D eigenvalue weighted by atomic mass is 32.2. The molecule has 6 N–H and O–H groups in total. The monoisotopic (exact) mass is 286 g/mol. The number of rotatable bonds is 5. The average molecular weight is 286 g/mol. The summed E-state index contributed by atoms with van der Waals surface area (Å²) in [5.41, 5.74) is 6.37. The quantitative estimate of drug-likeness (QED) is 0.617. The molecular formula is C11H18N4O3S. The van der Waals surface area contributed by atoms with Crippen LogP contribution in [0.3, 0.4) is 0 Å². The summed E-state index contributed by atoms with van der Waals surface area (Å²) in [7, 11) is -3.83. The molecule has 7 nitrogen and oxygen atoms in total. The number of nitrogens with one attached hydrogen (secondary N) is 2. The van der Waals surface area contributed by atoms with Crippen LogP contribution < -0.4 is 20.9 Å². The van der Waals surface area contributed by atoms with Crippen LogP contribution in [0.5, 0.6) is 0 Å². The maximum absolute atomic E-state index is 11.8. The van der Waals surface area contributed by atoms with E-state index in [9.17, 15) is 13.2 Å². The van der Waals surface area contributed by atoms with Gasteiger partial charge < -0.3 is 11.1 Å². The third kappa shape index (κ3) is 5.25. The van der Waals surface area contributed by atoms with E-state index in [4.69, 9.17) is 10.9 Å². The number of amides is 1. The van der Waals surface area contributed by atoms with E-state index >= 15 is 0 Å². The van der Waals surface area contributed by atoms with E-state index in [1.165, 1.54) is 12.1 Å². The Morgan fingerprint density at radius 3 is 2.37 bits per heavy atom. The van der Waals surface area contributed by atoms with Gasteiger partial charge >= 0.3 is 0 Å². The third-order valence-electron chi connectivity index (χ3n) is 2.59. The molecule has 1 aromatic rings. The van der Waals surface area contributed by atoms with Gasteiger partial charge in [-0.25, -0.2) is 5.14 Å². The van der Waals surface area contributed by atoms with Crippen LogP contribution in [0.15, 0.2) is 24.3 Å². The Balaban J connectivity index is 2.80. The van der Waals surface area contributed by atoms with Crippen molar-refractivity contribution in [2.45, 2.75) is 19.9 Å². The van der Waals surface area contributed by atoms with E-state index in [0.29, 0.717) is 5.69 Å². The number of carbonyl (C=O) groups is 1. The second-order valence-electron chi connectivity index (χ2n) is 4.36. The summed E-state index contributed by atoms with van der Waals surface area (Å²) in [6.07, 6.45) is 0. The van der Waals surface area contributed by atoms with Crippen molar-refractivity contribution in [2.24, 2.45) is 16.8 Å². The summed E-state index contributed by atoms with van der Waals surface area (Å²) < 4.78 is 23.9. The minimum absolute atomic E-state index is 0.234. The van der Waals surface area contributed by atoms with E-state index in [1.807, 2.05) is 0 Å². The second kappa shape index (κ2) is 6.00. The topological polar surface area (TPSA) is 127 Å². The minimum atomic E-state index is -3.83. The van der Waals surface area contributed by atoms with Crippen molar-refractivity contribution in [1.29, 1.82) is 0 Å². The van der Waals surface area contributed by atoms with Gasteiger partial charge in [-0.05, 0) is 25.1 Å². The van der Waals surface area contributed by atoms with E-state index in [-0.39, 0.29) is 23.6 Å². The highest BCUT2D eigenvalue weighted by Gasteiger charge is 2.17. The first-order valence-electron chi connectivity index (χ1n) is 5.66. The first kappa shape index (κ1) is 15.4.